The molecule has 1 aliphatic carbocycles. The van der Waals surface area contributed by atoms with Gasteiger partial charge in [-0.1, -0.05) is 6.92 Å². The number of sulfonamides is 1. The van der Waals surface area contributed by atoms with Crippen molar-refractivity contribution in [1.82, 2.24) is 9.62 Å². The van der Waals surface area contributed by atoms with Gasteiger partial charge in [0.25, 0.3) is 0 Å². The van der Waals surface area contributed by atoms with Gasteiger partial charge >= 0.3 is 0 Å². The van der Waals surface area contributed by atoms with Crippen molar-refractivity contribution in [2.24, 2.45) is 5.92 Å². The molecule has 2 rings (SSSR count). The van der Waals surface area contributed by atoms with Crippen LogP contribution in [0.15, 0.2) is 0 Å². The molecule has 0 spiro atoms. The van der Waals surface area contributed by atoms with Crippen LogP contribution in [0.5, 0.6) is 0 Å². The van der Waals surface area contributed by atoms with Gasteiger partial charge in [0.05, 0.1) is 5.75 Å². The zero-order valence-corrected chi connectivity index (χ0v) is 12.4. The minimum Gasteiger partial charge on any atom is -0.314 e. The van der Waals surface area contributed by atoms with Gasteiger partial charge in [-0.15, -0.1) is 0 Å². The van der Waals surface area contributed by atoms with Gasteiger partial charge in [0.1, 0.15) is 0 Å². The minimum absolute atomic E-state index is 0.167. The molecule has 4 nitrogen and oxygen atoms in total. The number of rotatable bonds is 6. The van der Waals surface area contributed by atoms with Crippen LogP contribution in [0.2, 0.25) is 0 Å². The lowest BCUT2D eigenvalue weighted by Crippen LogP contribution is -2.47. The van der Waals surface area contributed by atoms with E-state index < -0.39 is 10.0 Å². The summed E-state index contributed by atoms with van der Waals surface area (Å²) in [7, 11) is -3.05. The van der Waals surface area contributed by atoms with Crippen LogP contribution in [-0.4, -0.2) is 43.6 Å². The van der Waals surface area contributed by atoms with Crippen molar-refractivity contribution in [2.45, 2.75) is 58.0 Å². The van der Waals surface area contributed by atoms with Crippen LogP contribution in [0, 0.1) is 5.92 Å². The Morgan fingerprint density at radius 3 is 2.61 bits per heavy atom. The summed E-state index contributed by atoms with van der Waals surface area (Å²) in [6.45, 7) is 5.75. The van der Waals surface area contributed by atoms with E-state index in [4.69, 9.17) is 0 Å². The zero-order chi connectivity index (χ0) is 13.2. The number of nitrogens with one attached hydrogen (secondary N) is 1. The molecule has 106 valence electrons. The molecule has 5 heteroatoms. The molecule has 0 amide bonds. The summed E-state index contributed by atoms with van der Waals surface area (Å²) >= 11 is 0. The average Bonchev–Trinajstić information content (AvgIpc) is 3.12. The van der Waals surface area contributed by atoms with E-state index >= 15 is 0 Å². The quantitative estimate of drug-likeness (QED) is 0.748. The third kappa shape index (κ3) is 3.68. The summed E-state index contributed by atoms with van der Waals surface area (Å²) in [4.78, 5) is 0. The maximum absolute atomic E-state index is 12.3. The summed E-state index contributed by atoms with van der Waals surface area (Å²) < 4.78 is 26.3. The maximum Gasteiger partial charge on any atom is 0.214 e. The second-order valence-corrected chi connectivity index (χ2v) is 7.91. The fourth-order valence-corrected chi connectivity index (χ4v) is 4.52. The Bertz CT molecular complexity index is 365. The smallest absolute Gasteiger partial charge is 0.214 e. The average molecular weight is 274 g/mol. The van der Waals surface area contributed by atoms with Crippen molar-refractivity contribution >= 4 is 10.0 Å². The molecule has 1 N–H and O–H groups in total. The highest BCUT2D eigenvalue weighted by atomic mass is 32.2. The minimum atomic E-state index is -3.05. The third-order valence-corrected chi connectivity index (χ3v) is 6.30. The second kappa shape index (κ2) is 5.88. The Hall–Kier alpha value is -0.130. The molecule has 0 bridgehead atoms. The van der Waals surface area contributed by atoms with E-state index in [1.807, 2.05) is 6.92 Å². The Labute approximate surface area is 111 Å². The standard InChI is InChI=1S/C13H26N2O2S/c1-11-5-3-9-15(12(11)2)18(16,17)10-4-8-14-13-6-7-13/h11-14H,3-10H2,1-2H3. The molecule has 2 unspecified atom stereocenters. The van der Waals surface area contributed by atoms with Crippen LogP contribution in [0.4, 0.5) is 0 Å². The molecule has 1 aliphatic heterocycles. The van der Waals surface area contributed by atoms with E-state index in [9.17, 15) is 8.42 Å². The molecule has 1 heterocycles. The van der Waals surface area contributed by atoms with Crippen molar-refractivity contribution in [3.63, 3.8) is 0 Å². The Morgan fingerprint density at radius 1 is 1.22 bits per heavy atom. The van der Waals surface area contributed by atoms with Crippen LogP contribution >= 0.6 is 0 Å². The lowest BCUT2D eigenvalue weighted by atomic mass is 9.94. The summed E-state index contributed by atoms with van der Waals surface area (Å²) in [6, 6.07) is 0.835. The molecule has 0 radical (unpaired) electrons. The Kier molecular flexibility index (Phi) is 4.67. The van der Waals surface area contributed by atoms with E-state index in [1.54, 1.807) is 4.31 Å². The molecular weight excluding hydrogens is 248 g/mol. The van der Waals surface area contributed by atoms with Crippen molar-refractivity contribution in [1.29, 1.82) is 0 Å². The first-order valence-electron chi connectivity index (χ1n) is 7.23. The molecule has 0 aromatic heterocycles. The van der Waals surface area contributed by atoms with Gasteiger partial charge in [-0.05, 0) is 51.5 Å². The normalized spacial score (nSPS) is 30.6. The van der Waals surface area contributed by atoms with E-state index in [1.165, 1.54) is 12.8 Å². The number of nitrogens with zero attached hydrogens (tertiary/aromatic N) is 1. The van der Waals surface area contributed by atoms with Crippen LogP contribution < -0.4 is 5.32 Å². The molecule has 18 heavy (non-hydrogen) atoms. The van der Waals surface area contributed by atoms with Crippen molar-refractivity contribution in [2.75, 3.05) is 18.8 Å². The van der Waals surface area contributed by atoms with Gasteiger partial charge in [-0.2, -0.15) is 4.31 Å². The first kappa shape index (κ1) is 14.3. The van der Waals surface area contributed by atoms with Gasteiger partial charge < -0.3 is 5.32 Å². The molecule has 0 aromatic rings. The predicted octanol–water partition coefficient (Wildman–Crippen LogP) is 1.58. The Balaban J connectivity index is 1.80. The van der Waals surface area contributed by atoms with Crippen LogP contribution in [0.3, 0.4) is 0 Å². The molecule has 2 fully saturated rings. The van der Waals surface area contributed by atoms with Gasteiger partial charge in [0.2, 0.25) is 10.0 Å². The lowest BCUT2D eigenvalue weighted by Gasteiger charge is -2.36. The van der Waals surface area contributed by atoms with Gasteiger partial charge in [0.15, 0.2) is 0 Å². The van der Waals surface area contributed by atoms with Crippen molar-refractivity contribution in [3.8, 4) is 0 Å². The summed E-state index contributed by atoms with van der Waals surface area (Å²) in [5, 5.41) is 3.37. The van der Waals surface area contributed by atoms with E-state index in [2.05, 4.69) is 12.2 Å². The molecule has 0 aromatic carbocycles. The molecule has 2 aliphatic rings. The van der Waals surface area contributed by atoms with E-state index in [0.717, 1.165) is 25.8 Å². The van der Waals surface area contributed by atoms with Crippen molar-refractivity contribution < 1.29 is 8.42 Å². The second-order valence-electron chi connectivity index (χ2n) is 5.87. The van der Waals surface area contributed by atoms with Crippen molar-refractivity contribution in [3.05, 3.63) is 0 Å². The van der Waals surface area contributed by atoms with Crippen LogP contribution in [0.1, 0.15) is 46.0 Å². The van der Waals surface area contributed by atoms with E-state index in [0.29, 0.717) is 24.3 Å². The number of piperidine rings is 1. The first-order valence-corrected chi connectivity index (χ1v) is 8.84. The molecule has 1 saturated heterocycles. The molecule has 1 saturated carbocycles. The highest BCUT2D eigenvalue weighted by Crippen LogP contribution is 2.25. The van der Waals surface area contributed by atoms with Crippen LogP contribution in [0.25, 0.3) is 0 Å². The van der Waals surface area contributed by atoms with Gasteiger partial charge in [-0.3, -0.25) is 0 Å². The number of hydrogen-bond acceptors (Lipinski definition) is 3. The SMILES string of the molecule is CC1CCCN(S(=O)(=O)CCCNC2CC2)C1C. The monoisotopic (exact) mass is 274 g/mol. The summed E-state index contributed by atoms with van der Waals surface area (Å²) in [5.74, 6) is 0.780. The fraction of sp³-hybridized carbons (Fsp3) is 1.00. The summed E-state index contributed by atoms with van der Waals surface area (Å²) in [6.07, 6.45) is 5.40. The number of hydrogen-bond donors (Lipinski definition) is 1. The predicted molar refractivity (Wildman–Crippen MR) is 74.0 cm³/mol. The van der Waals surface area contributed by atoms with Gasteiger partial charge in [-0.25, -0.2) is 8.42 Å². The zero-order valence-electron chi connectivity index (χ0n) is 11.6. The van der Waals surface area contributed by atoms with E-state index in [-0.39, 0.29) is 6.04 Å². The summed E-state index contributed by atoms with van der Waals surface area (Å²) in [5.41, 5.74) is 0. The fourth-order valence-electron chi connectivity index (χ4n) is 2.66. The van der Waals surface area contributed by atoms with Gasteiger partial charge in [0, 0.05) is 18.6 Å². The molecular formula is C13H26N2O2S. The first-order chi connectivity index (χ1) is 8.50. The maximum atomic E-state index is 12.3. The topological polar surface area (TPSA) is 49.4 Å². The largest absolute Gasteiger partial charge is 0.314 e. The third-order valence-electron chi connectivity index (χ3n) is 4.26. The highest BCUT2D eigenvalue weighted by molar-refractivity contribution is 7.89. The Morgan fingerprint density at radius 2 is 1.94 bits per heavy atom. The highest BCUT2D eigenvalue weighted by Gasteiger charge is 2.32. The lowest BCUT2D eigenvalue weighted by molar-refractivity contribution is 0.202. The van der Waals surface area contributed by atoms with Crippen LogP contribution in [-0.2, 0) is 10.0 Å². The molecule has 2 atom stereocenters.